The summed E-state index contributed by atoms with van der Waals surface area (Å²) >= 11 is 0. The first-order chi connectivity index (χ1) is 10.3. The van der Waals surface area contributed by atoms with Gasteiger partial charge in [-0.2, -0.15) is 0 Å². The highest BCUT2D eigenvalue weighted by molar-refractivity contribution is 5.99. The highest BCUT2D eigenvalue weighted by Crippen LogP contribution is 2.14. The minimum absolute atomic E-state index is 0.0196. The number of nitrogens with zero attached hydrogens (tertiary/aromatic N) is 1. The molecule has 1 aromatic carbocycles. The van der Waals surface area contributed by atoms with E-state index in [1.54, 1.807) is 0 Å². The van der Waals surface area contributed by atoms with Gasteiger partial charge >= 0.3 is 0 Å². The highest BCUT2D eigenvalue weighted by atomic mass is 16.1. The van der Waals surface area contributed by atoms with Crippen LogP contribution in [0.5, 0.6) is 0 Å². The van der Waals surface area contributed by atoms with Crippen LogP contribution in [-0.4, -0.2) is 43.5 Å². The number of piperidine rings is 1. The molecule has 0 radical (unpaired) electrons. The molecule has 1 amide bonds. The Labute approximate surface area is 127 Å². The molecule has 1 heterocycles. The summed E-state index contributed by atoms with van der Waals surface area (Å²) in [5.74, 6) is 0.0196. The summed E-state index contributed by atoms with van der Waals surface area (Å²) in [5.41, 5.74) is 1.67. The summed E-state index contributed by atoms with van der Waals surface area (Å²) in [6.07, 6.45) is 4.97. The number of hydrogen-bond donors (Lipinski definition) is 2. The van der Waals surface area contributed by atoms with E-state index in [0.29, 0.717) is 0 Å². The first-order valence-electron chi connectivity index (χ1n) is 8.14. The SMILES string of the molecule is CCCNc1ccccc1C(=O)NCCN1CCCCC1. The molecule has 0 aliphatic carbocycles. The Hall–Kier alpha value is -1.55. The fraction of sp³-hybridized carbons (Fsp3) is 0.588. The van der Waals surface area contributed by atoms with Gasteiger partial charge in [0.25, 0.3) is 5.91 Å². The molecule has 0 bridgehead atoms. The lowest BCUT2D eigenvalue weighted by atomic mass is 10.1. The van der Waals surface area contributed by atoms with Gasteiger partial charge in [0.1, 0.15) is 0 Å². The number of hydrogen-bond acceptors (Lipinski definition) is 3. The third-order valence-electron chi connectivity index (χ3n) is 3.90. The molecule has 2 rings (SSSR count). The minimum Gasteiger partial charge on any atom is -0.384 e. The second kappa shape index (κ2) is 8.67. The molecule has 0 saturated carbocycles. The Bertz CT molecular complexity index is 441. The summed E-state index contributed by atoms with van der Waals surface area (Å²) in [7, 11) is 0. The van der Waals surface area contributed by atoms with Gasteiger partial charge in [0.05, 0.1) is 5.56 Å². The normalized spacial score (nSPS) is 15.7. The van der Waals surface area contributed by atoms with Crippen LogP contribution in [0.1, 0.15) is 43.0 Å². The average Bonchev–Trinajstić information content (AvgIpc) is 2.54. The van der Waals surface area contributed by atoms with Gasteiger partial charge in [0.15, 0.2) is 0 Å². The molecule has 4 heteroatoms. The molecule has 0 unspecified atom stereocenters. The number of carbonyl (C=O) groups excluding carboxylic acids is 1. The Balaban J connectivity index is 1.82. The number of rotatable bonds is 7. The van der Waals surface area contributed by atoms with Crippen molar-refractivity contribution >= 4 is 11.6 Å². The fourth-order valence-electron chi connectivity index (χ4n) is 2.70. The van der Waals surface area contributed by atoms with Crippen molar-refractivity contribution in [2.45, 2.75) is 32.6 Å². The second-order valence-corrected chi connectivity index (χ2v) is 5.63. The van der Waals surface area contributed by atoms with Gasteiger partial charge in [-0.3, -0.25) is 4.79 Å². The standard InChI is InChI=1S/C17H27N3O/c1-2-10-18-16-9-5-4-8-15(16)17(21)19-11-14-20-12-6-3-7-13-20/h4-5,8-9,18H,2-3,6-7,10-14H2,1H3,(H,19,21). The van der Waals surface area contributed by atoms with Crippen molar-refractivity contribution in [1.29, 1.82) is 0 Å². The molecular formula is C17H27N3O. The Kier molecular flexibility index (Phi) is 6.54. The summed E-state index contributed by atoms with van der Waals surface area (Å²) in [4.78, 5) is 14.7. The monoisotopic (exact) mass is 289 g/mol. The third kappa shape index (κ3) is 5.05. The molecule has 1 fully saturated rings. The van der Waals surface area contributed by atoms with Crippen LogP contribution in [0.25, 0.3) is 0 Å². The van der Waals surface area contributed by atoms with Crippen LogP contribution in [0.2, 0.25) is 0 Å². The third-order valence-corrected chi connectivity index (χ3v) is 3.90. The van der Waals surface area contributed by atoms with Crippen molar-refractivity contribution < 1.29 is 4.79 Å². The highest BCUT2D eigenvalue weighted by Gasteiger charge is 2.12. The zero-order valence-electron chi connectivity index (χ0n) is 13.0. The first-order valence-corrected chi connectivity index (χ1v) is 8.14. The van der Waals surface area contributed by atoms with Gasteiger partial charge in [-0.25, -0.2) is 0 Å². The number of likely N-dealkylation sites (tertiary alicyclic amines) is 1. The van der Waals surface area contributed by atoms with E-state index in [-0.39, 0.29) is 5.91 Å². The van der Waals surface area contributed by atoms with Crippen molar-refractivity contribution in [3.8, 4) is 0 Å². The van der Waals surface area contributed by atoms with Crippen molar-refractivity contribution in [2.75, 3.05) is 38.0 Å². The van der Waals surface area contributed by atoms with Gasteiger partial charge in [0.2, 0.25) is 0 Å². The molecule has 0 aromatic heterocycles. The topological polar surface area (TPSA) is 44.4 Å². The fourth-order valence-corrected chi connectivity index (χ4v) is 2.70. The second-order valence-electron chi connectivity index (χ2n) is 5.63. The van der Waals surface area contributed by atoms with E-state index in [0.717, 1.165) is 37.3 Å². The summed E-state index contributed by atoms with van der Waals surface area (Å²) in [6.45, 7) is 7.03. The molecule has 1 saturated heterocycles. The molecule has 1 aromatic rings. The number of carbonyl (C=O) groups is 1. The molecule has 1 aliphatic heterocycles. The van der Waals surface area contributed by atoms with Crippen LogP contribution in [0.15, 0.2) is 24.3 Å². The van der Waals surface area contributed by atoms with Crippen LogP contribution < -0.4 is 10.6 Å². The quantitative estimate of drug-likeness (QED) is 0.811. The average molecular weight is 289 g/mol. The van der Waals surface area contributed by atoms with E-state index in [9.17, 15) is 4.79 Å². The number of amides is 1. The maximum atomic E-state index is 12.3. The van der Waals surface area contributed by atoms with Crippen LogP contribution in [0.3, 0.4) is 0 Å². The molecule has 2 N–H and O–H groups in total. The molecule has 21 heavy (non-hydrogen) atoms. The Morgan fingerprint density at radius 3 is 2.67 bits per heavy atom. The smallest absolute Gasteiger partial charge is 0.253 e. The van der Waals surface area contributed by atoms with E-state index < -0.39 is 0 Å². The van der Waals surface area contributed by atoms with E-state index in [1.807, 2.05) is 24.3 Å². The zero-order chi connectivity index (χ0) is 14.9. The van der Waals surface area contributed by atoms with Crippen molar-refractivity contribution in [2.24, 2.45) is 0 Å². The first kappa shape index (κ1) is 15.8. The Morgan fingerprint density at radius 2 is 1.90 bits per heavy atom. The van der Waals surface area contributed by atoms with E-state index in [1.165, 1.54) is 32.4 Å². The number of anilines is 1. The van der Waals surface area contributed by atoms with E-state index in [2.05, 4.69) is 22.5 Å². The predicted molar refractivity (Wildman–Crippen MR) is 87.8 cm³/mol. The maximum Gasteiger partial charge on any atom is 0.253 e. The molecular weight excluding hydrogens is 262 g/mol. The lowest BCUT2D eigenvalue weighted by Gasteiger charge is -2.26. The van der Waals surface area contributed by atoms with Crippen LogP contribution in [-0.2, 0) is 0 Å². The van der Waals surface area contributed by atoms with Crippen molar-refractivity contribution in [3.05, 3.63) is 29.8 Å². The lowest BCUT2D eigenvalue weighted by molar-refractivity contribution is 0.0947. The van der Waals surface area contributed by atoms with Crippen LogP contribution in [0, 0.1) is 0 Å². The molecule has 1 aliphatic rings. The molecule has 4 nitrogen and oxygen atoms in total. The molecule has 0 spiro atoms. The van der Waals surface area contributed by atoms with Gasteiger partial charge < -0.3 is 15.5 Å². The predicted octanol–water partition coefficient (Wildman–Crippen LogP) is 2.72. The summed E-state index contributed by atoms with van der Waals surface area (Å²) in [5, 5.41) is 6.35. The van der Waals surface area contributed by atoms with Crippen LogP contribution in [0.4, 0.5) is 5.69 Å². The number of nitrogens with one attached hydrogen (secondary N) is 2. The van der Waals surface area contributed by atoms with Gasteiger partial charge in [-0.05, 0) is 44.5 Å². The maximum absolute atomic E-state index is 12.3. The van der Waals surface area contributed by atoms with E-state index >= 15 is 0 Å². The number of benzene rings is 1. The largest absolute Gasteiger partial charge is 0.384 e. The van der Waals surface area contributed by atoms with Gasteiger partial charge in [0, 0.05) is 25.3 Å². The van der Waals surface area contributed by atoms with Crippen molar-refractivity contribution in [1.82, 2.24) is 10.2 Å². The summed E-state index contributed by atoms with van der Waals surface area (Å²) < 4.78 is 0. The molecule has 0 atom stereocenters. The molecule has 116 valence electrons. The van der Waals surface area contributed by atoms with Crippen LogP contribution >= 0.6 is 0 Å². The van der Waals surface area contributed by atoms with E-state index in [4.69, 9.17) is 0 Å². The Morgan fingerprint density at radius 1 is 1.14 bits per heavy atom. The zero-order valence-corrected chi connectivity index (χ0v) is 13.0. The lowest BCUT2D eigenvalue weighted by Crippen LogP contribution is -2.37. The number of para-hydroxylation sites is 1. The summed E-state index contributed by atoms with van der Waals surface area (Å²) in [6, 6.07) is 7.72. The van der Waals surface area contributed by atoms with Crippen molar-refractivity contribution in [3.63, 3.8) is 0 Å². The minimum atomic E-state index is 0.0196. The van der Waals surface area contributed by atoms with Gasteiger partial charge in [-0.15, -0.1) is 0 Å². The van der Waals surface area contributed by atoms with Gasteiger partial charge in [-0.1, -0.05) is 25.5 Å².